The van der Waals surface area contributed by atoms with Gasteiger partial charge in [0.15, 0.2) is 5.82 Å². The molecule has 0 aromatic carbocycles. The summed E-state index contributed by atoms with van der Waals surface area (Å²) < 4.78 is 2.68. The van der Waals surface area contributed by atoms with Crippen LogP contribution in [-0.2, 0) is 12.6 Å². The summed E-state index contributed by atoms with van der Waals surface area (Å²) in [6.07, 6.45) is 3.55. The summed E-state index contributed by atoms with van der Waals surface area (Å²) in [6.45, 7) is 3.47. The lowest BCUT2D eigenvalue weighted by Crippen LogP contribution is -2.15. The van der Waals surface area contributed by atoms with Crippen LogP contribution in [0, 0.1) is 0 Å². The standard InChI is InChI=1S/C12H14BrN3O/c1-12(2,17)8-4-5-9(14-6-8)11-15-10(13)7-16(11)3/h4-7,17H,1-3H3. The van der Waals surface area contributed by atoms with E-state index in [0.717, 1.165) is 21.7 Å². The predicted molar refractivity (Wildman–Crippen MR) is 69.4 cm³/mol. The fourth-order valence-electron chi connectivity index (χ4n) is 1.56. The fourth-order valence-corrected chi connectivity index (χ4v) is 2.03. The Bertz CT molecular complexity index is 526. The number of imidazole rings is 1. The molecular weight excluding hydrogens is 282 g/mol. The van der Waals surface area contributed by atoms with Crippen molar-refractivity contribution in [3.63, 3.8) is 0 Å². The molecule has 4 nitrogen and oxygen atoms in total. The van der Waals surface area contributed by atoms with Gasteiger partial charge in [-0.25, -0.2) is 4.98 Å². The molecule has 0 amide bonds. The molecule has 0 aliphatic rings. The molecule has 2 aromatic rings. The molecule has 90 valence electrons. The number of aryl methyl sites for hydroxylation is 1. The fraction of sp³-hybridized carbons (Fsp3) is 0.333. The van der Waals surface area contributed by atoms with E-state index in [1.165, 1.54) is 0 Å². The van der Waals surface area contributed by atoms with Gasteiger partial charge < -0.3 is 9.67 Å². The highest BCUT2D eigenvalue weighted by Gasteiger charge is 2.16. The van der Waals surface area contributed by atoms with Crippen LogP contribution in [0.4, 0.5) is 0 Å². The minimum atomic E-state index is -0.867. The summed E-state index contributed by atoms with van der Waals surface area (Å²) in [5.74, 6) is 0.791. The second-order valence-corrected chi connectivity index (χ2v) is 5.30. The molecule has 2 rings (SSSR count). The highest BCUT2D eigenvalue weighted by molar-refractivity contribution is 9.10. The van der Waals surface area contributed by atoms with Crippen LogP contribution in [0.2, 0.25) is 0 Å². The van der Waals surface area contributed by atoms with Crippen LogP contribution in [0.25, 0.3) is 11.5 Å². The molecule has 0 fully saturated rings. The van der Waals surface area contributed by atoms with Gasteiger partial charge in [0.2, 0.25) is 0 Å². The van der Waals surface area contributed by atoms with Crippen molar-refractivity contribution < 1.29 is 5.11 Å². The minimum absolute atomic E-state index is 0.781. The zero-order chi connectivity index (χ0) is 12.6. The van der Waals surface area contributed by atoms with Crippen LogP contribution in [0.15, 0.2) is 29.1 Å². The number of hydrogen-bond acceptors (Lipinski definition) is 3. The van der Waals surface area contributed by atoms with Gasteiger partial charge in [-0.15, -0.1) is 0 Å². The number of pyridine rings is 1. The maximum Gasteiger partial charge on any atom is 0.159 e. The van der Waals surface area contributed by atoms with Crippen LogP contribution < -0.4 is 0 Å². The number of aromatic nitrogens is 3. The lowest BCUT2D eigenvalue weighted by Gasteiger charge is -2.17. The van der Waals surface area contributed by atoms with Gasteiger partial charge in [0.25, 0.3) is 0 Å². The van der Waals surface area contributed by atoms with Crippen molar-refractivity contribution in [3.05, 3.63) is 34.7 Å². The highest BCUT2D eigenvalue weighted by Crippen LogP contribution is 2.22. The highest BCUT2D eigenvalue weighted by atomic mass is 79.9. The van der Waals surface area contributed by atoms with E-state index in [1.807, 2.05) is 29.9 Å². The third-order valence-corrected chi connectivity index (χ3v) is 2.93. The van der Waals surface area contributed by atoms with Crippen molar-refractivity contribution in [2.24, 2.45) is 7.05 Å². The van der Waals surface area contributed by atoms with Crippen LogP contribution in [0.3, 0.4) is 0 Å². The SMILES string of the molecule is Cn1cc(Br)nc1-c1ccc(C(C)(C)O)cn1. The Labute approximate surface area is 108 Å². The number of aliphatic hydroxyl groups is 1. The first kappa shape index (κ1) is 12.3. The Morgan fingerprint density at radius 2 is 2.06 bits per heavy atom. The summed E-state index contributed by atoms with van der Waals surface area (Å²) in [5.41, 5.74) is 0.703. The summed E-state index contributed by atoms with van der Waals surface area (Å²) in [5, 5.41) is 9.84. The van der Waals surface area contributed by atoms with Gasteiger partial charge >= 0.3 is 0 Å². The lowest BCUT2D eigenvalue weighted by molar-refractivity contribution is 0.0782. The van der Waals surface area contributed by atoms with E-state index in [2.05, 4.69) is 25.9 Å². The first-order chi connectivity index (χ1) is 7.88. The second-order valence-electron chi connectivity index (χ2n) is 4.49. The van der Waals surface area contributed by atoms with Gasteiger partial charge in [0.05, 0.1) is 5.60 Å². The summed E-state index contributed by atoms with van der Waals surface area (Å²) >= 11 is 3.33. The van der Waals surface area contributed by atoms with E-state index in [4.69, 9.17) is 0 Å². The van der Waals surface area contributed by atoms with Crippen molar-refractivity contribution in [1.29, 1.82) is 0 Å². The van der Waals surface area contributed by atoms with Gasteiger partial charge in [-0.05, 0) is 35.8 Å². The zero-order valence-electron chi connectivity index (χ0n) is 9.98. The van der Waals surface area contributed by atoms with E-state index >= 15 is 0 Å². The Kier molecular flexibility index (Phi) is 3.05. The van der Waals surface area contributed by atoms with E-state index in [0.29, 0.717) is 0 Å². The van der Waals surface area contributed by atoms with Crippen molar-refractivity contribution in [1.82, 2.24) is 14.5 Å². The molecule has 2 heterocycles. The molecule has 0 saturated heterocycles. The average Bonchev–Trinajstić information content (AvgIpc) is 2.57. The molecule has 5 heteroatoms. The van der Waals surface area contributed by atoms with E-state index in [1.54, 1.807) is 20.0 Å². The molecule has 2 aromatic heterocycles. The van der Waals surface area contributed by atoms with Gasteiger partial charge in [0.1, 0.15) is 10.3 Å². The third-order valence-electron chi connectivity index (χ3n) is 2.55. The Morgan fingerprint density at radius 1 is 1.35 bits per heavy atom. The van der Waals surface area contributed by atoms with Crippen LogP contribution in [-0.4, -0.2) is 19.6 Å². The van der Waals surface area contributed by atoms with E-state index < -0.39 is 5.60 Å². The molecule has 0 saturated carbocycles. The molecular formula is C12H14BrN3O. The number of rotatable bonds is 2. The minimum Gasteiger partial charge on any atom is -0.386 e. The van der Waals surface area contributed by atoms with E-state index in [-0.39, 0.29) is 0 Å². The average molecular weight is 296 g/mol. The molecule has 0 atom stereocenters. The Balaban J connectivity index is 2.39. The first-order valence-electron chi connectivity index (χ1n) is 5.26. The molecule has 0 bridgehead atoms. The van der Waals surface area contributed by atoms with Crippen LogP contribution >= 0.6 is 15.9 Å². The molecule has 0 aliphatic heterocycles. The molecule has 0 spiro atoms. The van der Waals surface area contributed by atoms with Crippen molar-refractivity contribution in [2.45, 2.75) is 19.4 Å². The van der Waals surface area contributed by atoms with Crippen LogP contribution in [0.1, 0.15) is 19.4 Å². The first-order valence-corrected chi connectivity index (χ1v) is 6.05. The van der Waals surface area contributed by atoms with Crippen molar-refractivity contribution in [2.75, 3.05) is 0 Å². The topological polar surface area (TPSA) is 50.9 Å². The van der Waals surface area contributed by atoms with Crippen molar-refractivity contribution in [3.8, 4) is 11.5 Å². The normalized spacial score (nSPS) is 11.8. The number of hydrogen-bond donors (Lipinski definition) is 1. The Morgan fingerprint density at radius 3 is 2.47 bits per heavy atom. The van der Waals surface area contributed by atoms with Gasteiger partial charge in [-0.1, -0.05) is 6.07 Å². The summed E-state index contributed by atoms with van der Waals surface area (Å²) in [4.78, 5) is 8.65. The van der Waals surface area contributed by atoms with Gasteiger partial charge in [-0.2, -0.15) is 0 Å². The van der Waals surface area contributed by atoms with Crippen LogP contribution in [0.5, 0.6) is 0 Å². The van der Waals surface area contributed by atoms with Crippen molar-refractivity contribution >= 4 is 15.9 Å². The van der Waals surface area contributed by atoms with Gasteiger partial charge in [0, 0.05) is 25.0 Å². The quantitative estimate of drug-likeness (QED) is 0.926. The maximum atomic E-state index is 9.84. The molecule has 0 unspecified atom stereocenters. The smallest absolute Gasteiger partial charge is 0.159 e. The molecule has 1 N–H and O–H groups in total. The number of halogens is 1. The number of nitrogens with zero attached hydrogens (tertiary/aromatic N) is 3. The van der Waals surface area contributed by atoms with E-state index in [9.17, 15) is 5.11 Å². The predicted octanol–water partition coefficient (Wildman–Crippen LogP) is 2.47. The summed E-state index contributed by atoms with van der Waals surface area (Å²) in [7, 11) is 1.92. The monoisotopic (exact) mass is 295 g/mol. The zero-order valence-corrected chi connectivity index (χ0v) is 11.6. The molecule has 17 heavy (non-hydrogen) atoms. The maximum absolute atomic E-state index is 9.84. The molecule has 0 aliphatic carbocycles. The second kappa shape index (κ2) is 4.23. The Hall–Kier alpha value is -1.20. The largest absolute Gasteiger partial charge is 0.386 e. The molecule has 0 radical (unpaired) electrons. The summed E-state index contributed by atoms with van der Waals surface area (Å²) in [6, 6.07) is 3.73. The third kappa shape index (κ3) is 2.56. The van der Waals surface area contributed by atoms with Gasteiger partial charge in [-0.3, -0.25) is 4.98 Å². The lowest BCUT2D eigenvalue weighted by atomic mass is 10.0.